The molecule has 1 N–H and O–H groups in total. The highest BCUT2D eigenvalue weighted by Gasteiger charge is 2.24. The number of hydrogen-bond donors (Lipinski definition) is 1. The molecule has 0 aliphatic carbocycles. The molecule has 3 heterocycles. The lowest BCUT2D eigenvalue weighted by atomic mass is 10.2. The number of carbonyl (C=O) groups excluding carboxylic acids is 2. The molecule has 1 saturated heterocycles. The fraction of sp³-hybridized carbons (Fsp3) is 0.611. The quantitative estimate of drug-likeness (QED) is 0.710. The fourth-order valence-electron chi connectivity index (χ4n) is 3.37. The Bertz CT molecular complexity index is 841. The Morgan fingerprint density at radius 1 is 1.18 bits per heavy atom. The van der Waals surface area contributed by atoms with Crippen molar-refractivity contribution in [3.05, 3.63) is 12.5 Å². The van der Waals surface area contributed by atoms with Crippen LogP contribution in [0.25, 0.3) is 11.0 Å². The number of anilines is 1. The normalized spacial score (nSPS) is 14.9. The van der Waals surface area contributed by atoms with Crippen molar-refractivity contribution in [2.45, 2.75) is 19.9 Å². The minimum atomic E-state index is -0.0700. The first-order valence-electron chi connectivity index (χ1n) is 9.48. The van der Waals surface area contributed by atoms with E-state index >= 15 is 0 Å². The molecule has 0 radical (unpaired) electrons. The summed E-state index contributed by atoms with van der Waals surface area (Å²) in [5.74, 6) is 0.820. The molecule has 3 rings (SSSR count). The van der Waals surface area contributed by atoms with Crippen molar-refractivity contribution in [2.75, 3.05) is 51.2 Å². The van der Waals surface area contributed by atoms with Crippen LogP contribution in [0.3, 0.4) is 0 Å². The second-order valence-electron chi connectivity index (χ2n) is 7.47. The average molecular weight is 388 g/mol. The molecule has 0 spiro atoms. The highest BCUT2D eigenvalue weighted by Crippen LogP contribution is 2.23. The monoisotopic (exact) mass is 388 g/mol. The molecule has 0 saturated carbocycles. The maximum absolute atomic E-state index is 12.6. The van der Waals surface area contributed by atoms with Crippen molar-refractivity contribution in [1.82, 2.24) is 34.9 Å². The number of carbonyl (C=O) groups is 2. The van der Waals surface area contributed by atoms with E-state index in [2.05, 4.69) is 25.3 Å². The maximum Gasteiger partial charge on any atom is 0.236 e. The van der Waals surface area contributed by atoms with Gasteiger partial charge in [0.1, 0.15) is 12.1 Å². The minimum Gasteiger partial charge on any atom is -0.353 e. The number of rotatable bonds is 6. The number of likely N-dealkylation sites (N-methyl/N-ethyl adjacent to an activating group) is 1. The topological polar surface area (TPSA) is 99.5 Å². The Kier molecular flexibility index (Phi) is 6.08. The molecule has 0 bridgehead atoms. The predicted octanol–water partition coefficient (Wildman–Crippen LogP) is -0.532. The van der Waals surface area contributed by atoms with Gasteiger partial charge in [0, 0.05) is 39.3 Å². The van der Waals surface area contributed by atoms with Crippen molar-refractivity contribution < 1.29 is 9.59 Å². The summed E-state index contributed by atoms with van der Waals surface area (Å²) < 4.78 is 1.73. The Morgan fingerprint density at radius 3 is 2.57 bits per heavy atom. The van der Waals surface area contributed by atoms with Crippen molar-refractivity contribution in [3.8, 4) is 0 Å². The third-order valence-electron chi connectivity index (χ3n) is 4.71. The first-order valence-corrected chi connectivity index (χ1v) is 9.48. The molecule has 1 aliphatic heterocycles. The summed E-state index contributed by atoms with van der Waals surface area (Å²) in [7, 11) is 3.64. The van der Waals surface area contributed by atoms with E-state index in [0.29, 0.717) is 26.2 Å². The molecule has 1 aliphatic rings. The van der Waals surface area contributed by atoms with E-state index in [1.807, 2.05) is 25.8 Å². The number of fused-ring (bicyclic) bond motifs is 1. The van der Waals surface area contributed by atoms with Gasteiger partial charge in [0.25, 0.3) is 0 Å². The Labute approximate surface area is 164 Å². The van der Waals surface area contributed by atoms with Gasteiger partial charge in [-0.1, -0.05) is 0 Å². The standard InChI is InChI=1S/C18H28N8O2/c1-13(2)22-15(27)10-23(3)11-16(28)25-5-7-26(8-6-25)18-14-9-21-24(4)17(14)19-12-20-18/h9,12-13H,5-8,10-11H2,1-4H3,(H,22,27). The van der Waals surface area contributed by atoms with Gasteiger partial charge in [-0.05, 0) is 20.9 Å². The van der Waals surface area contributed by atoms with Crippen LogP contribution in [-0.2, 0) is 16.6 Å². The van der Waals surface area contributed by atoms with Gasteiger partial charge in [0.2, 0.25) is 11.8 Å². The second kappa shape index (κ2) is 8.51. The first kappa shape index (κ1) is 20.0. The SMILES string of the molecule is CC(C)NC(=O)CN(C)CC(=O)N1CCN(c2ncnc3c2cnn3C)CC1. The zero-order valence-electron chi connectivity index (χ0n) is 16.9. The molecular formula is C18H28N8O2. The van der Waals surface area contributed by atoms with Crippen LogP contribution < -0.4 is 10.2 Å². The van der Waals surface area contributed by atoms with Gasteiger partial charge in [-0.25, -0.2) is 9.97 Å². The molecular weight excluding hydrogens is 360 g/mol. The summed E-state index contributed by atoms with van der Waals surface area (Å²) in [6.07, 6.45) is 3.33. The van der Waals surface area contributed by atoms with Gasteiger partial charge in [-0.3, -0.25) is 19.2 Å². The lowest BCUT2D eigenvalue weighted by Gasteiger charge is -2.36. The van der Waals surface area contributed by atoms with Crippen molar-refractivity contribution >= 4 is 28.7 Å². The van der Waals surface area contributed by atoms with E-state index in [1.54, 1.807) is 29.2 Å². The van der Waals surface area contributed by atoms with E-state index in [4.69, 9.17) is 0 Å². The summed E-state index contributed by atoms with van der Waals surface area (Å²) in [5, 5.41) is 8.01. The van der Waals surface area contributed by atoms with Gasteiger partial charge < -0.3 is 15.1 Å². The van der Waals surface area contributed by atoms with Crippen molar-refractivity contribution in [1.29, 1.82) is 0 Å². The molecule has 152 valence electrons. The molecule has 1 fully saturated rings. The zero-order chi connectivity index (χ0) is 20.3. The van der Waals surface area contributed by atoms with Gasteiger partial charge in [-0.15, -0.1) is 0 Å². The summed E-state index contributed by atoms with van der Waals surface area (Å²) in [4.78, 5) is 38.8. The number of aromatic nitrogens is 4. The largest absolute Gasteiger partial charge is 0.353 e. The third-order valence-corrected chi connectivity index (χ3v) is 4.71. The van der Waals surface area contributed by atoms with Crippen LogP contribution in [0.15, 0.2) is 12.5 Å². The van der Waals surface area contributed by atoms with Crippen LogP contribution in [0, 0.1) is 0 Å². The highest BCUT2D eigenvalue weighted by molar-refractivity contribution is 5.87. The lowest BCUT2D eigenvalue weighted by molar-refractivity contribution is -0.133. The smallest absolute Gasteiger partial charge is 0.236 e. The number of amides is 2. The number of nitrogens with one attached hydrogen (secondary N) is 1. The van der Waals surface area contributed by atoms with Crippen LogP contribution in [0.1, 0.15) is 13.8 Å². The number of aryl methyl sites for hydroxylation is 1. The van der Waals surface area contributed by atoms with Crippen LogP contribution in [0.4, 0.5) is 5.82 Å². The fourth-order valence-corrected chi connectivity index (χ4v) is 3.37. The Balaban J connectivity index is 1.53. The number of hydrogen-bond acceptors (Lipinski definition) is 7. The molecule has 2 aromatic rings. The molecule has 2 aromatic heterocycles. The van der Waals surface area contributed by atoms with E-state index in [1.165, 1.54) is 0 Å². The van der Waals surface area contributed by atoms with E-state index in [-0.39, 0.29) is 30.9 Å². The molecule has 28 heavy (non-hydrogen) atoms. The molecule has 10 nitrogen and oxygen atoms in total. The Hall–Kier alpha value is -2.75. The number of nitrogens with zero attached hydrogens (tertiary/aromatic N) is 7. The Morgan fingerprint density at radius 2 is 1.89 bits per heavy atom. The molecule has 0 atom stereocenters. The first-order chi connectivity index (χ1) is 13.3. The predicted molar refractivity (Wildman–Crippen MR) is 106 cm³/mol. The molecule has 0 unspecified atom stereocenters. The highest BCUT2D eigenvalue weighted by atomic mass is 16.2. The van der Waals surface area contributed by atoms with E-state index in [9.17, 15) is 9.59 Å². The van der Waals surface area contributed by atoms with Gasteiger partial charge in [0.15, 0.2) is 5.65 Å². The van der Waals surface area contributed by atoms with Gasteiger partial charge in [-0.2, -0.15) is 5.10 Å². The van der Waals surface area contributed by atoms with Crippen LogP contribution in [-0.4, -0.2) is 93.7 Å². The molecule has 2 amide bonds. The lowest BCUT2D eigenvalue weighted by Crippen LogP contribution is -2.51. The van der Waals surface area contributed by atoms with Crippen molar-refractivity contribution in [3.63, 3.8) is 0 Å². The van der Waals surface area contributed by atoms with Gasteiger partial charge in [0.05, 0.1) is 24.7 Å². The van der Waals surface area contributed by atoms with Crippen LogP contribution in [0.2, 0.25) is 0 Å². The number of piperazine rings is 1. The third kappa shape index (κ3) is 4.56. The van der Waals surface area contributed by atoms with E-state index < -0.39 is 0 Å². The second-order valence-corrected chi connectivity index (χ2v) is 7.47. The van der Waals surface area contributed by atoms with Gasteiger partial charge >= 0.3 is 0 Å². The summed E-state index contributed by atoms with van der Waals surface area (Å²) in [6, 6.07) is 0.0951. The average Bonchev–Trinajstić information content (AvgIpc) is 3.02. The maximum atomic E-state index is 12.6. The van der Waals surface area contributed by atoms with Crippen LogP contribution in [0.5, 0.6) is 0 Å². The van der Waals surface area contributed by atoms with E-state index in [0.717, 1.165) is 16.9 Å². The molecule has 10 heteroatoms. The summed E-state index contributed by atoms with van der Waals surface area (Å²) in [6.45, 7) is 6.91. The van der Waals surface area contributed by atoms with Crippen molar-refractivity contribution in [2.24, 2.45) is 7.05 Å². The summed E-state index contributed by atoms with van der Waals surface area (Å²) >= 11 is 0. The molecule has 0 aromatic carbocycles. The summed E-state index contributed by atoms with van der Waals surface area (Å²) in [5.41, 5.74) is 0.796. The van der Waals surface area contributed by atoms with Crippen LogP contribution >= 0.6 is 0 Å². The zero-order valence-corrected chi connectivity index (χ0v) is 16.9. The minimum absolute atomic E-state index is 0.0358.